The van der Waals surface area contributed by atoms with E-state index in [4.69, 9.17) is 0 Å². The molecular weight excluding hydrogens is 324 g/mol. The van der Waals surface area contributed by atoms with Gasteiger partial charge in [-0.25, -0.2) is 9.97 Å². The third kappa shape index (κ3) is 2.94. The number of nitro groups is 1. The smallest absolute Gasteiger partial charge is 0.269 e. The third-order valence-electron chi connectivity index (χ3n) is 4.19. The molecule has 0 unspecified atom stereocenters. The van der Waals surface area contributed by atoms with Gasteiger partial charge in [-0.15, -0.1) is 11.3 Å². The average Bonchev–Trinajstić information content (AvgIpc) is 3.03. The van der Waals surface area contributed by atoms with Gasteiger partial charge in [0, 0.05) is 24.1 Å². The monoisotopic (exact) mass is 342 g/mol. The van der Waals surface area contributed by atoms with Gasteiger partial charge in [0.2, 0.25) is 0 Å². The highest BCUT2D eigenvalue weighted by Gasteiger charge is 2.19. The summed E-state index contributed by atoms with van der Waals surface area (Å²) in [5.41, 5.74) is 0.980. The highest BCUT2D eigenvalue weighted by atomic mass is 32.1. The number of thiophene rings is 1. The van der Waals surface area contributed by atoms with Crippen LogP contribution in [0.5, 0.6) is 0 Å². The van der Waals surface area contributed by atoms with Crippen molar-refractivity contribution in [2.24, 2.45) is 0 Å². The van der Waals surface area contributed by atoms with Crippen molar-refractivity contribution >= 4 is 33.1 Å². The number of benzene rings is 1. The van der Waals surface area contributed by atoms with Gasteiger partial charge in [-0.1, -0.05) is 19.1 Å². The molecule has 0 saturated carbocycles. The summed E-state index contributed by atoms with van der Waals surface area (Å²) in [6.45, 7) is 4.13. The van der Waals surface area contributed by atoms with Crippen molar-refractivity contribution in [1.29, 1.82) is 0 Å². The minimum absolute atomic E-state index is 0.0482. The van der Waals surface area contributed by atoms with Crippen molar-refractivity contribution in [2.45, 2.75) is 26.3 Å². The molecule has 2 heterocycles. The molecule has 6 nitrogen and oxygen atoms in total. The fourth-order valence-corrected chi connectivity index (χ4v) is 3.58. The van der Waals surface area contributed by atoms with E-state index in [0.717, 1.165) is 28.0 Å². The molecule has 1 aromatic carbocycles. The van der Waals surface area contributed by atoms with Gasteiger partial charge in [-0.2, -0.15) is 0 Å². The SMILES string of the molecule is CCc1cc2c(N(C)[C@H](C)c3cccc([N+](=O)[O-])c3)ncnc2s1. The molecule has 3 rings (SSSR count). The maximum atomic E-state index is 11.0. The van der Waals surface area contributed by atoms with Crippen LogP contribution < -0.4 is 4.90 Å². The molecule has 0 spiro atoms. The van der Waals surface area contributed by atoms with Gasteiger partial charge >= 0.3 is 0 Å². The van der Waals surface area contributed by atoms with Gasteiger partial charge in [0.25, 0.3) is 5.69 Å². The Morgan fingerprint density at radius 2 is 2.12 bits per heavy atom. The van der Waals surface area contributed by atoms with E-state index in [2.05, 4.69) is 23.0 Å². The van der Waals surface area contributed by atoms with Crippen molar-refractivity contribution in [1.82, 2.24) is 9.97 Å². The van der Waals surface area contributed by atoms with E-state index < -0.39 is 0 Å². The fourth-order valence-electron chi connectivity index (χ4n) is 2.65. The van der Waals surface area contributed by atoms with Crippen LogP contribution in [0, 0.1) is 10.1 Å². The van der Waals surface area contributed by atoms with Gasteiger partial charge in [-0.05, 0) is 25.0 Å². The number of fused-ring (bicyclic) bond motifs is 1. The predicted octanol–water partition coefficient (Wildman–Crippen LogP) is 4.36. The van der Waals surface area contributed by atoms with E-state index in [1.54, 1.807) is 29.8 Å². The molecule has 24 heavy (non-hydrogen) atoms. The Kier molecular flexibility index (Phi) is 4.44. The molecular formula is C17H18N4O2S. The first kappa shape index (κ1) is 16.3. The number of hydrogen-bond acceptors (Lipinski definition) is 6. The Morgan fingerprint density at radius 3 is 2.83 bits per heavy atom. The van der Waals surface area contributed by atoms with E-state index in [9.17, 15) is 10.1 Å². The van der Waals surface area contributed by atoms with E-state index in [1.807, 2.05) is 24.9 Å². The van der Waals surface area contributed by atoms with Gasteiger partial charge in [0.1, 0.15) is 17.0 Å². The van der Waals surface area contributed by atoms with Crippen LogP contribution in [0.25, 0.3) is 10.2 Å². The van der Waals surface area contributed by atoms with E-state index in [1.165, 1.54) is 10.9 Å². The Bertz CT molecular complexity index is 893. The number of nitro benzene ring substituents is 1. The summed E-state index contributed by atoms with van der Waals surface area (Å²) in [5, 5.41) is 12.0. The molecule has 2 aromatic heterocycles. The second kappa shape index (κ2) is 6.52. The standard InChI is InChI=1S/C17H18N4O2S/c1-4-14-9-15-16(18-10-19-17(15)24-14)20(3)11(2)12-6-5-7-13(8-12)21(22)23/h5-11H,4H2,1-3H3/t11-/m1/s1. The first-order chi connectivity index (χ1) is 11.5. The molecule has 0 radical (unpaired) electrons. The van der Waals surface area contributed by atoms with Crippen molar-refractivity contribution in [3.63, 3.8) is 0 Å². The Balaban J connectivity index is 1.99. The van der Waals surface area contributed by atoms with Crippen LogP contribution in [0.3, 0.4) is 0 Å². The summed E-state index contributed by atoms with van der Waals surface area (Å²) < 4.78 is 0. The molecule has 0 aliphatic heterocycles. The normalized spacial score (nSPS) is 12.3. The maximum absolute atomic E-state index is 11.0. The van der Waals surface area contributed by atoms with Crippen molar-refractivity contribution < 1.29 is 4.92 Å². The third-order valence-corrected chi connectivity index (χ3v) is 5.37. The number of nitrogens with zero attached hydrogens (tertiary/aromatic N) is 4. The van der Waals surface area contributed by atoms with Crippen LogP contribution in [0.1, 0.15) is 30.3 Å². The highest BCUT2D eigenvalue weighted by molar-refractivity contribution is 7.18. The van der Waals surface area contributed by atoms with Gasteiger partial charge < -0.3 is 4.90 Å². The zero-order valence-electron chi connectivity index (χ0n) is 13.8. The topological polar surface area (TPSA) is 72.2 Å². The van der Waals surface area contributed by atoms with Crippen LogP contribution in [0.4, 0.5) is 11.5 Å². The summed E-state index contributed by atoms with van der Waals surface area (Å²) in [7, 11) is 1.95. The lowest BCUT2D eigenvalue weighted by Crippen LogP contribution is -2.23. The van der Waals surface area contributed by atoms with Gasteiger partial charge in [0.15, 0.2) is 0 Å². The van der Waals surface area contributed by atoms with Crippen LogP contribution in [-0.4, -0.2) is 21.9 Å². The molecule has 0 N–H and O–H groups in total. The largest absolute Gasteiger partial charge is 0.352 e. The average molecular weight is 342 g/mol. The summed E-state index contributed by atoms with van der Waals surface area (Å²) >= 11 is 1.68. The zero-order valence-corrected chi connectivity index (χ0v) is 14.6. The number of rotatable bonds is 5. The summed E-state index contributed by atoms with van der Waals surface area (Å²) in [5.74, 6) is 0.843. The summed E-state index contributed by atoms with van der Waals surface area (Å²) in [6.07, 6.45) is 2.54. The predicted molar refractivity (Wildman–Crippen MR) is 96.7 cm³/mol. The molecule has 0 amide bonds. The quantitative estimate of drug-likeness (QED) is 0.509. The molecule has 124 valence electrons. The number of aryl methyl sites for hydroxylation is 1. The molecule has 0 aliphatic rings. The first-order valence-corrected chi connectivity index (χ1v) is 8.53. The molecule has 3 aromatic rings. The van der Waals surface area contributed by atoms with Crippen LogP contribution in [0.2, 0.25) is 0 Å². The Hall–Kier alpha value is -2.54. The Morgan fingerprint density at radius 1 is 1.33 bits per heavy atom. The van der Waals surface area contributed by atoms with Crippen molar-refractivity contribution in [3.8, 4) is 0 Å². The minimum Gasteiger partial charge on any atom is -0.352 e. The second-order valence-corrected chi connectivity index (χ2v) is 6.74. The Labute approximate surface area is 143 Å². The number of hydrogen-bond donors (Lipinski definition) is 0. The second-order valence-electron chi connectivity index (χ2n) is 5.62. The molecule has 7 heteroatoms. The van der Waals surface area contributed by atoms with E-state index in [-0.39, 0.29) is 16.7 Å². The maximum Gasteiger partial charge on any atom is 0.269 e. The highest BCUT2D eigenvalue weighted by Crippen LogP contribution is 2.34. The summed E-state index contributed by atoms with van der Waals surface area (Å²) in [4.78, 5) is 23.7. The minimum atomic E-state index is -0.370. The lowest BCUT2D eigenvalue weighted by Gasteiger charge is -2.26. The van der Waals surface area contributed by atoms with Gasteiger partial charge in [0.05, 0.1) is 16.4 Å². The van der Waals surface area contributed by atoms with Crippen LogP contribution >= 0.6 is 11.3 Å². The molecule has 0 bridgehead atoms. The fraction of sp³-hybridized carbons (Fsp3) is 0.294. The van der Waals surface area contributed by atoms with E-state index in [0.29, 0.717) is 0 Å². The first-order valence-electron chi connectivity index (χ1n) is 7.72. The van der Waals surface area contributed by atoms with Crippen molar-refractivity contribution in [3.05, 3.63) is 57.2 Å². The van der Waals surface area contributed by atoms with Crippen LogP contribution in [-0.2, 0) is 6.42 Å². The van der Waals surface area contributed by atoms with Gasteiger partial charge in [-0.3, -0.25) is 10.1 Å². The van der Waals surface area contributed by atoms with Crippen molar-refractivity contribution in [2.75, 3.05) is 11.9 Å². The lowest BCUT2D eigenvalue weighted by atomic mass is 10.1. The number of non-ortho nitro benzene ring substituents is 1. The van der Waals surface area contributed by atoms with E-state index >= 15 is 0 Å². The summed E-state index contributed by atoms with van der Waals surface area (Å²) in [6, 6.07) is 8.82. The zero-order chi connectivity index (χ0) is 17.3. The van der Waals surface area contributed by atoms with Crippen LogP contribution in [0.15, 0.2) is 36.7 Å². The number of anilines is 1. The molecule has 0 saturated heterocycles. The lowest BCUT2D eigenvalue weighted by molar-refractivity contribution is -0.384. The molecule has 0 fully saturated rings. The number of aromatic nitrogens is 2. The molecule has 1 atom stereocenters. The molecule has 0 aliphatic carbocycles.